The van der Waals surface area contributed by atoms with Gasteiger partial charge in [-0.2, -0.15) is 4.57 Å². The molecule has 0 atom stereocenters. The van der Waals surface area contributed by atoms with Crippen molar-refractivity contribution in [2.24, 2.45) is 0 Å². The van der Waals surface area contributed by atoms with E-state index in [4.69, 9.17) is 10.1 Å². The van der Waals surface area contributed by atoms with Gasteiger partial charge >= 0.3 is 5.65 Å². The van der Waals surface area contributed by atoms with E-state index < -0.39 is 0 Å². The second-order valence-electron chi connectivity index (χ2n) is 8.32. The van der Waals surface area contributed by atoms with Crippen LogP contribution in [-0.2, 0) is 0 Å². The highest BCUT2D eigenvalue weighted by Gasteiger charge is 2.27. The van der Waals surface area contributed by atoms with Crippen molar-refractivity contribution in [3.63, 3.8) is 0 Å². The fraction of sp³-hybridized carbons (Fsp3) is 0.0690. The number of benzene rings is 3. The number of hydrogen-bond donors (Lipinski definition) is 0. The lowest BCUT2D eigenvalue weighted by molar-refractivity contribution is -0.576. The number of pyridine rings is 1. The molecular formula is C29H23N4+. The topological polar surface area (TPSA) is 34.1 Å². The van der Waals surface area contributed by atoms with E-state index in [0.717, 1.165) is 56.1 Å². The van der Waals surface area contributed by atoms with E-state index >= 15 is 0 Å². The van der Waals surface area contributed by atoms with Crippen molar-refractivity contribution in [1.82, 2.24) is 14.6 Å². The normalized spacial score (nSPS) is 11.3. The predicted molar refractivity (Wildman–Crippen MR) is 132 cm³/mol. The van der Waals surface area contributed by atoms with Crippen molar-refractivity contribution in [2.45, 2.75) is 13.8 Å². The third kappa shape index (κ3) is 3.19. The smallest absolute Gasteiger partial charge is 0.231 e. The van der Waals surface area contributed by atoms with Gasteiger partial charge in [0.15, 0.2) is 5.65 Å². The minimum absolute atomic E-state index is 0.868. The Morgan fingerprint density at radius 1 is 0.697 bits per heavy atom. The molecule has 0 unspecified atom stereocenters. The van der Waals surface area contributed by atoms with E-state index in [1.165, 1.54) is 0 Å². The van der Waals surface area contributed by atoms with Crippen LogP contribution in [0.3, 0.4) is 0 Å². The van der Waals surface area contributed by atoms with Gasteiger partial charge in [-0.05, 0) is 43.7 Å². The SMILES string of the molecule is Cc1cc(-c2ccccc2)n2nc3c(c(-c4ccccc4)cc(C)[n+]3-c3ccccc3)c2n1. The molecule has 0 fully saturated rings. The van der Waals surface area contributed by atoms with Gasteiger partial charge in [-0.25, -0.2) is 4.98 Å². The summed E-state index contributed by atoms with van der Waals surface area (Å²) in [6.07, 6.45) is 0. The molecule has 3 heterocycles. The minimum Gasteiger partial charge on any atom is -0.231 e. The maximum atomic E-state index is 5.17. The van der Waals surface area contributed by atoms with Crippen molar-refractivity contribution in [3.05, 3.63) is 115 Å². The highest BCUT2D eigenvalue weighted by Crippen LogP contribution is 2.33. The molecule has 0 radical (unpaired) electrons. The van der Waals surface area contributed by atoms with Crippen LogP contribution in [0.5, 0.6) is 0 Å². The summed E-state index contributed by atoms with van der Waals surface area (Å²) in [6.45, 7) is 4.19. The molecule has 3 aromatic carbocycles. The lowest BCUT2D eigenvalue weighted by Crippen LogP contribution is -2.35. The first-order chi connectivity index (χ1) is 16.2. The van der Waals surface area contributed by atoms with Crippen molar-refractivity contribution in [1.29, 1.82) is 0 Å². The summed E-state index contributed by atoms with van der Waals surface area (Å²) in [7, 11) is 0. The lowest BCUT2D eigenvalue weighted by atomic mass is 10.0. The molecule has 33 heavy (non-hydrogen) atoms. The fourth-order valence-electron chi connectivity index (χ4n) is 4.60. The maximum Gasteiger partial charge on any atom is 0.365 e. The summed E-state index contributed by atoms with van der Waals surface area (Å²) in [4.78, 5) is 4.99. The Morgan fingerprint density at radius 3 is 1.97 bits per heavy atom. The molecule has 6 aromatic rings. The van der Waals surface area contributed by atoms with E-state index in [2.05, 4.69) is 96.4 Å². The lowest BCUT2D eigenvalue weighted by Gasteiger charge is -2.08. The molecule has 0 aliphatic carbocycles. The summed E-state index contributed by atoms with van der Waals surface area (Å²) in [5.41, 5.74) is 9.38. The van der Waals surface area contributed by atoms with Crippen LogP contribution in [0.4, 0.5) is 0 Å². The average Bonchev–Trinajstić information content (AvgIpc) is 3.23. The third-order valence-electron chi connectivity index (χ3n) is 6.05. The summed E-state index contributed by atoms with van der Waals surface area (Å²) in [5, 5.41) is 6.23. The van der Waals surface area contributed by atoms with Crippen LogP contribution in [0, 0.1) is 13.8 Å². The molecule has 0 aliphatic rings. The molecule has 0 amide bonds. The van der Waals surface area contributed by atoms with Crippen molar-refractivity contribution >= 4 is 16.7 Å². The molecule has 0 saturated heterocycles. The molecular weight excluding hydrogens is 404 g/mol. The summed E-state index contributed by atoms with van der Waals surface area (Å²) in [6, 6.07) is 35.7. The first-order valence-electron chi connectivity index (χ1n) is 11.1. The van der Waals surface area contributed by atoms with E-state index in [9.17, 15) is 0 Å². The number of aromatic nitrogens is 4. The van der Waals surface area contributed by atoms with Crippen LogP contribution in [0.15, 0.2) is 103 Å². The zero-order valence-electron chi connectivity index (χ0n) is 18.6. The number of rotatable bonds is 3. The number of hydrogen-bond acceptors (Lipinski definition) is 2. The average molecular weight is 428 g/mol. The monoisotopic (exact) mass is 427 g/mol. The zero-order valence-corrected chi connectivity index (χ0v) is 18.6. The maximum absolute atomic E-state index is 5.17. The number of nitrogens with zero attached hydrogens (tertiary/aromatic N) is 4. The van der Waals surface area contributed by atoms with Gasteiger partial charge in [0.2, 0.25) is 0 Å². The third-order valence-corrected chi connectivity index (χ3v) is 6.05. The van der Waals surface area contributed by atoms with Crippen LogP contribution < -0.4 is 4.57 Å². The standard InChI is InChI=1S/C29H23N4/c1-20-18-26(23-14-8-4-9-15-23)33-28(30-20)27-25(22-12-6-3-7-13-22)19-21(2)32(29(27)31-33)24-16-10-5-11-17-24/h3-19H,1-2H3/q+1. The minimum atomic E-state index is 0.868. The van der Waals surface area contributed by atoms with Crippen molar-refractivity contribution < 1.29 is 4.57 Å². The molecule has 158 valence electrons. The van der Waals surface area contributed by atoms with Crippen LogP contribution >= 0.6 is 0 Å². The van der Waals surface area contributed by atoms with Gasteiger partial charge in [-0.15, -0.1) is 4.52 Å². The molecule has 0 bridgehead atoms. The molecule has 4 nitrogen and oxygen atoms in total. The Bertz CT molecular complexity index is 1600. The van der Waals surface area contributed by atoms with Gasteiger partial charge in [-0.3, -0.25) is 0 Å². The first-order valence-corrected chi connectivity index (χ1v) is 11.1. The highest BCUT2D eigenvalue weighted by molar-refractivity contribution is 6.02. The molecule has 0 aliphatic heterocycles. The summed E-state index contributed by atoms with van der Waals surface area (Å²) < 4.78 is 4.22. The Morgan fingerprint density at radius 2 is 1.30 bits per heavy atom. The quantitative estimate of drug-likeness (QED) is 0.319. The van der Waals surface area contributed by atoms with Gasteiger partial charge in [0.1, 0.15) is 16.8 Å². The van der Waals surface area contributed by atoms with Gasteiger partial charge in [0, 0.05) is 16.8 Å². The second kappa shape index (κ2) is 7.68. The highest BCUT2D eigenvalue weighted by atomic mass is 15.3. The summed E-state index contributed by atoms with van der Waals surface area (Å²) >= 11 is 0. The summed E-state index contributed by atoms with van der Waals surface area (Å²) in [5.74, 6) is 0. The predicted octanol–water partition coefficient (Wildman–Crippen LogP) is 6.11. The largest absolute Gasteiger partial charge is 0.365 e. The number of fused-ring (bicyclic) bond motifs is 3. The Balaban J connectivity index is 1.81. The van der Waals surface area contributed by atoms with E-state index in [0.29, 0.717) is 0 Å². The van der Waals surface area contributed by atoms with Crippen LogP contribution in [-0.4, -0.2) is 14.6 Å². The molecule has 4 heteroatoms. The Labute approximate surface area is 192 Å². The molecule has 0 spiro atoms. The van der Waals surface area contributed by atoms with Gasteiger partial charge in [-0.1, -0.05) is 78.9 Å². The van der Waals surface area contributed by atoms with Crippen LogP contribution in [0.25, 0.3) is 44.8 Å². The zero-order chi connectivity index (χ0) is 22.4. The molecule has 0 saturated carbocycles. The fourth-order valence-corrected chi connectivity index (χ4v) is 4.60. The van der Waals surface area contributed by atoms with E-state index in [1.54, 1.807) is 0 Å². The van der Waals surface area contributed by atoms with Gasteiger partial charge in [0.05, 0.1) is 10.8 Å². The first kappa shape index (κ1) is 19.4. The van der Waals surface area contributed by atoms with Crippen molar-refractivity contribution in [3.8, 4) is 28.1 Å². The second-order valence-corrected chi connectivity index (χ2v) is 8.32. The van der Waals surface area contributed by atoms with Crippen LogP contribution in [0.2, 0.25) is 0 Å². The van der Waals surface area contributed by atoms with E-state index in [1.807, 2.05) is 29.6 Å². The Hall–Kier alpha value is -4.31. The molecule has 3 aromatic heterocycles. The number of para-hydroxylation sites is 1. The molecule has 6 rings (SSSR count). The van der Waals surface area contributed by atoms with Gasteiger partial charge in [0.25, 0.3) is 0 Å². The number of aryl methyl sites for hydroxylation is 2. The van der Waals surface area contributed by atoms with Crippen LogP contribution in [0.1, 0.15) is 11.4 Å². The van der Waals surface area contributed by atoms with Crippen molar-refractivity contribution in [2.75, 3.05) is 0 Å². The molecule has 0 N–H and O–H groups in total. The Kier molecular flexibility index (Phi) is 4.51. The van der Waals surface area contributed by atoms with E-state index in [-0.39, 0.29) is 0 Å². The van der Waals surface area contributed by atoms with Gasteiger partial charge < -0.3 is 0 Å².